The SMILES string of the molecule is CC/C=C\C/C=C\C/C=C\C/C=C\C/C=C\C/C=C\C/C=C\CCCCCCCCCCCCCCCCCC(=O)OC(CO)COC(=O)CCCCCCCCCCC/C=C\CCCCCCCCCC. The fourth-order valence-corrected chi connectivity index (χ4v) is 8.77. The third kappa shape index (κ3) is 59.4. The minimum absolute atomic E-state index is 0.0676. The van der Waals surface area contributed by atoms with Crippen molar-refractivity contribution in [3.05, 3.63) is 97.2 Å². The summed E-state index contributed by atoms with van der Waals surface area (Å²) in [5, 5.41) is 9.67. The maximum absolute atomic E-state index is 12.3. The number of hydrogen-bond acceptors (Lipinski definition) is 5. The Morgan fingerprint density at radius 3 is 0.917 bits per heavy atom. The van der Waals surface area contributed by atoms with E-state index in [2.05, 4.69) is 111 Å². The number of unbranched alkanes of at least 4 members (excludes halogenated alkanes) is 32. The molecule has 1 atom stereocenters. The fraction of sp³-hybridized carbons (Fsp3) is 0.731. The van der Waals surface area contributed by atoms with Crippen molar-refractivity contribution in [2.24, 2.45) is 0 Å². The first-order valence-corrected chi connectivity index (χ1v) is 30.8. The van der Waals surface area contributed by atoms with Gasteiger partial charge in [-0.1, -0.05) is 284 Å². The molecule has 0 bridgehead atoms. The highest BCUT2D eigenvalue weighted by Gasteiger charge is 2.16. The molecule has 1 unspecified atom stereocenters. The maximum Gasteiger partial charge on any atom is 0.306 e. The summed E-state index contributed by atoms with van der Waals surface area (Å²) >= 11 is 0. The lowest BCUT2D eigenvalue weighted by molar-refractivity contribution is -0.161. The van der Waals surface area contributed by atoms with Crippen molar-refractivity contribution in [2.75, 3.05) is 13.2 Å². The topological polar surface area (TPSA) is 72.8 Å². The van der Waals surface area contributed by atoms with Gasteiger partial charge < -0.3 is 14.6 Å². The van der Waals surface area contributed by atoms with Crippen molar-refractivity contribution in [1.29, 1.82) is 0 Å². The summed E-state index contributed by atoms with van der Waals surface area (Å²) in [4.78, 5) is 24.6. The lowest BCUT2D eigenvalue weighted by atomic mass is 10.0. The van der Waals surface area contributed by atoms with Crippen LogP contribution in [0, 0.1) is 0 Å². The van der Waals surface area contributed by atoms with Crippen molar-refractivity contribution in [3.8, 4) is 0 Å². The van der Waals surface area contributed by atoms with Crippen LogP contribution in [0.3, 0.4) is 0 Å². The van der Waals surface area contributed by atoms with Crippen molar-refractivity contribution < 1.29 is 24.2 Å². The average molecular weight is 1000 g/mol. The summed E-state index contributed by atoms with van der Waals surface area (Å²) in [5.41, 5.74) is 0. The van der Waals surface area contributed by atoms with Crippen LogP contribution in [0.5, 0.6) is 0 Å². The van der Waals surface area contributed by atoms with Gasteiger partial charge in [0.2, 0.25) is 0 Å². The molecule has 5 nitrogen and oxygen atoms in total. The van der Waals surface area contributed by atoms with Crippen LogP contribution in [0.25, 0.3) is 0 Å². The third-order valence-electron chi connectivity index (χ3n) is 13.4. The summed E-state index contributed by atoms with van der Waals surface area (Å²) in [6.45, 7) is 4.05. The number of rotatable bonds is 56. The Kier molecular flexibility index (Phi) is 59.4. The highest BCUT2D eigenvalue weighted by atomic mass is 16.6. The molecule has 0 aliphatic heterocycles. The summed E-state index contributed by atoms with van der Waals surface area (Å²) in [6.07, 6.45) is 88.3. The molecule has 1 N–H and O–H groups in total. The van der Waals surface area contributed by atoms with E-state index >= 15 is 0 Å². The van der Waals surface area contributed by atoms with Crippen LogP contribution in [0.2, 0.25) is 0 Å². The number of aliphatic hydroxyl groups is 1. The molecule has 0 aromatic heterocycles. The standard InChI is InChI=1S/C67H116O5/c1-3-5-7-9-11-13-15-17-19-21-23-25-26-27-28-29-30-31-32-33-34-35-36-37-38-39-40-42-44-46-48-50-52-54-56-58-60-62-67(70)72-65(63-68)64-71-66(69)61-59-57-55-53-51-49-47-45-43-41-24-22-20-18-16-14-12-10-8-6-4-2/h5,7,11,13,17,19,22-25,27-28,30-31,33-34,65,68H,3-4,6,8-10,12,14-16,18,20-21,26,29,32,35-64H2,1-2H3/b7-5-,13-11-,19-17-,24-22-,25-23-,28-27-,31-30-,34-33-. The first kappa shape index (κ1) is 68.8. The second kappa shape index (κ2) is 62.1. The Morgan fingerprint density at radius 2 is 0.597 bits per heavy atom. The van der Waals surface area contributed by atoms with E-state index in [1.807, 2.05) is 0 Å². The average Bonchev–Trinajstić information content (AvgIpc) is 3.38. The minimum Gasteiger partial charge on any atom is -0.462 e. The predicted molar refractivity (Wildman–Crippen MR) is 316 cm³/mol. The summed E-state index contributed by atoms with van der Waals surface area (Å²) < 4.78 is 10.7. The van der Waals surface area contributed by atoms with Gasteiger partial charge in [-0.25, -0.2) is 0 Å². The smallest absolute Gasteiger partial charge is 0.306 e. The van der Waals surface area contributed by atoms with Gasteiger partial charge in [0.25, 0.3) is 0 Å². The van der Waals surface area contributed by atoms with Crippen LogP contribution >= 0.6 is 0 Å². The van der Waals surface area contributed by atoms with E-state index < -0.39 is 6.10 Å². The Labute approximate surface area is 447 Å². The molecule has 0 saturated carbocycles. The van der Waals surface area contributed by atoms with Crippen LogP contribution in [0.1, 0.15) is 296 Å². The summed E-state index contributed by atoms with van der Waals surface area (Å²) in [5.74, 6) is -0.586. The van der Waals surface area contributed by atoms with Gasteiger partial charge in [-0.3, -0.25) is 9.59 Å². The highest BCUT2D eigenvalue weighted by Crippen LogP contribution is 2.16. The van der Waals surface area contributed by atoms with E-state index in [4.69, 9.17) is 9.47 Å². The molecule has 0 aromatic carbocycles. The normalized spacial score (nSPS) is 12.9. The molecule has 0 aliphatic carbocycles. The molecular formula is C67H116O5. The summed E-state index contributed by atoms with van der Waals surface area (Å²) in [7, 11) is 0. The van der Waals surface area contributed by atoms with E-state index in [9.17, 15) is 14.7 Å². The number of carbonyl (C=O) groups excluding carboxylic acids is 2. The van der Waals surface area contributed by atoms with Gasteiger partial charge in [-0.05, 0) is 96.3 Å². The van der Waals surface area contributed by atoms with Gasteiger partial charge in [-0.2, -0.15) is 0 Å². The summed E-state index contributed by atoms with van der Waals surface area (Å²) in [6, 6.07) is 0. The Morgan fingerprint density at radius 1 is 0.333 bits per heavy atom. The largest absolute Gasteiger partial charge is 0.462 e. The number of allylic oxidation sites excluding steroid dienone is 16. The van der Waals surface area contributed by atoms with Gasteiger partial charge >= 0.3 is 11.9 Å². The van der Waals surface area contributed by atoms with E-state index in [-0.39, 0.29) is 25.2 Å². The van der Waals surface area contributed by atoms with Crippen LogP contribution in [0.15, 0.2) is 97.2 Å². The molecule has 5 heteroatoms. The van der Waals surface area contributed by atoms with Gasteiger partial charge in [0.1, 0.15) is 6.61 Å². The van der Waals surface area contributed by atoms with Crippen LogP contribution in [0.4, 0.5) is 0 Å². The maximum atomic E-state index is 12.3. The number of ether oxygens (including phenoxy) is 2. The van der Waals surface area contributed by atoms with Crippen molar-refractivity contribution in [2.45, 2.75) is 302 Å². The van der Waals surface area contributed by atoms with E-state index in [0.29, 0.717) is 12.8 Å². The molecule has 72 heavy (non-hydrogen) atoms. The van der Waals surface area contributed by atoms with Gasteiger partial charge in [0, 0.05) is 12.8 Å². The molecule has 0 saturated heterocycles. The lowest BCUT2D eigenvalue weighted by Crippen LogP contribution is -2.28. The third-order valence-corrected chi connectivity index (χ3v) is 13.4. The first-order valence-electron chi connectivity index (χ1n) is 30.8. The molecule has 0 radical (unpaired) electrons. The lowest BCUT2D eigenvalue weighted by Gasteiger charge is -2.15. The first-order chi connectivity index (χ1) is 35.6. The van der Waals surface area contributed by atoms with E-state index in [0.717, 1.165) is 83.5 Å². The molecule has 0 spiro atoms. The van der Waals surface area contributed by atoms with Crippen LogP contribution in [-0.4, -0.2) is 36.4 Å². The molecule has 0 aliphatic rings. The zero-order valence-corrected chi connectivity index (χ0v) is 47.4. The Bertz CT molecular complexity index is 1360. The zero-order chi connectivity index (χ0) is 52.0. The van der Waals surface area contributed by atoms with E-state index in [1.54, 1.807) is 0 Å². The second-order valence-electron chi connectivity index (χ2n) is 20.4. The molecule has 0 aromatic rings. The number of carbonyl (C=O) groups is 2. The molecular weight excluding hydrogens is 885 g/mol. The Hall–Kier alpha value is -3.18. The number of esters is 2. The van der Waals surface area contributed by atoms with Gasteiger partial charge in [0.05, 0.1) is 6.61 Å². The van der Waals surface area contributed by atoms with Crippen LogP contribution in [-0.2, 0) is 19.1 Å². The predicted octanol–water partition coefficient (Wildman–Crippen LogP) is 21.1. The van der Waals surface area contributed by atoms with Gasteiger partial charge in [-0.15, -0.1) is 0 Å². The molecule has 0 amide bonds. The highest BCUT2D eigenvalue weighted by molar-refractivity contribution is 5.70. The quantitative estimate of drug-likeness (QED) is 0.0373. The fourth-order valence-electron chi connectivity index (χ4n) is 8.77. The molecule has 414 valence electrons. The van der Waals surface area contributed by atoms with E-state index in [1.165, 1.54) is 186 Å². The Balaban J connectivity index is 3.49. The van der Waals surface area contributed by atoms with Crippen LogP contribution < -0.4 is 0 Å². The molecule has 0 heterocycles. The van der Waals surface area contributed by atoms with Crippen molar-refractivity contribution in [3.63, 3.8) is 0 Å². The van der Waals surface area contributed by atoms with Crippen molar-refractivity contribution >= 4 is 11.9 Å². The number of hydrogen-bond donors (Lipinski definition) is 1. The monoisotopic (exact) mass is 1000 g/mol. The van der Waals surface area contributed by atoms with Crippen molar-refractivity contribution in [1.82, 2.24) is 0 Å². The molecule has 0 rings (SSSR count). The second-order valence-corrected chi connectivity index (χ2v) is 20.4. The number of aliphatic hydroxyl groups excluding tert-OH is 1. The zero-order valence-electron chi connectivity index (χ0n) is 47.4. The van der Waals surface area contributed by atoms with Gasteiger partial charge in [0.15, 0.2) is 6.10 Å². The minimum atomic E-state index is -0.777. The molecule has 0 fully saturated rings.